The molecule has 1 atom stereocenters. The Morgan fingerprint density at radius 1 is 0.889 bits per heavy atom. The van der Waals surface area contributed by atoms with Crippen molar-refractivity contribution < 1.29 is 4.79 Å². The van der Waals surface area contributed by atoms with Crippen LogP contribution >= 0.6 is 11.6 Å². The normalized spacial score (nSPS) is 20.0. The number of nitrogens with zero attached hydrogens (tertiary/aromatic N) is 3. The van der Waals surface area contributed by atoms with E-state index in [2.05, 4.69) is 39.4 Å². The molecule has 4 rings (SSSR count). The summed E-state index contributed by atoms with van der Waals surface area (Å²) in [6.45, 7) is 4.89. The van der Waals surface area contributed by atoms with E-state index in [1.54, 1.807) is 0 Å². The second-order valence-corrected chi connectivity index (χ2v) is 7.55. The van der Waals surface area contributed by atoms with Crippen LogP contribution in [0.15, 0.2) is 54.6 Å². The Morgan fingerprint density at radius 3 is 2.33 bits per heavy atom. The molecule has 2 aliphatic heterocycles. The number of benzene rings is 2. The Balaban J connectivity index is 1.27. The SMILES string of the molecule is O=C(NC1CCN(c2ccccc2)C1)N1CCN(c2ccccc2Cl)CC1. The number of carbonyl (C=O) groups excluding carboxylic acids is 1. The molecule has 0 bridgehead atoms. The summed E-state index contributed by atoms with van der Waals surface area (Å²) < 4.78 is 0. The molecule has 2 heterocycles. The van der Waals surface area contributed by atoms with Crippen LogP contribution in [0.5, 0.6) is 0 Å². The number of rotatable bonds is 3. The second kappa shape index (κ2) is 8.09. The van der Waals surface area contributed by atoms with Crippen LogP contribution in [0.1, 0.15) is 6.42 Å². The summed E-state index contributed by atoms with van der Waals surface area (Å²) in [6, 6.07) is 18.5. The van der Waals surface area contributed by atoms with E-state index in [9.17, 15) is 4.79 Å². The largest absolute Gasteiger partial charge is 0.369 e. The predicted molar refractivity (Wildman–Crippen MR) is 111 cm³/mol. The predicted octanol–water partition coefficient (Wildman–Crippen LogP) is 3.45. The van der Waals surface area contributed by atoms with Gasteiger partial charge in [-0.05, 0) is 30.7 Å². The second-order valence-electron chi connectivity index (χ2n) is 7.14. The summed E-state index contributed by atoms with van der Waals surface area (Å²) in [5.74, 6) is 0. The highest BCUT2D eigenvalue weighted by Gasteiger charge is 2.27. The van der Waals surface area contributed by atoms with Gasteiger partial charge in [0.1, 0.15) is 0 Å². The van der Waals surface area contributed by atoms with Gasteiger partial charge in [-0.15, -0.1) is 0 Å². The molecule has 2 fully saturated rings. The maximum atomic E-state index is 12.7. The molecule has 6 heteroatoms. The average Bonchev–Trinajstić information content (AvgIpc) is 3.18. The summed E-state index contributed by atoms with van der Waals surface area (Å²) in [5.41, 5.74) is 2.27. The number of anilines is 2. The highest BCUT2D eigenvalue weighted by Crippen LogP contribution is 2.26. The van der Waals surface area contributed by atoms with Crippen molar-refractivity contribution in [3.05, 3.63) is 59.6 Å². The fourth-order valence-corrected chi connectivity index (χ4v) is 4.13. The Morgan fingerprint density at radius 2 is 1.59 bits per heavy atom. The van der Waals surface area contributed by atoms with Crippen LogP contribution in [0.4, 0.5) is 16.2 Å². The van der Waals surface area contributed by atoms with Crippen molar-refractivity contribution in [3.8, 4) is 0 Å². The zero-order valence-corrected chi connectivity index (χ0v) is 16.1. The summed E-state index contributed by atoms with van der Waals surface area (Å²) in [5, 5.41) is 3.98. The first-order valence-electron chi connectivity index (χ1n) is 9.55. The van der Waals surface area contributed by atoms with Gasteiger partial charge in [0.25, 0.3) is 0 Å². The molecule has 2 aliphatic rings. The van der Waals surface area contributed by atoms with Crippen molar-refractivity contribution in [3.63, 3.8) is 0 Å². The molecule has 0 radical (unpaired) electrons. The van der Waals surface area contributed by atoms with E-state index in [4.69, 9.17) is 11.6 Å². The van der Waals surface area contributed by atoms with Crippen LogP contribution in [0, 0.1) is 0 Å². The maximum absolute atomic E-state index is 12.7. The standard InChI is InChI=1S/C21H25ClN4O/c22-19-8-4-5-9-20(19)24-12-14-25(15-13-24)21(27)23-17-10-11-26(16-17)18-6-2-1-3-7-18/h1-9,17H,10-16H2,(H,23,27). The van der Waals surface area contributed by atoms with E-state index in [0.29, 0.717) is 13.1 Å². The molecular weight excluding hydrogens is 360 g/mol. The minimum absolute atomic E-state index is 0.0497. The number of nitrogens with one attached hydrogen (secondary N) is 1. The minimum atomic E-state index is 0.0497. The monoisotopic (exact) mass is 384 g/mol. The maximum Gasteiger partial charge on any atom is 0.317 e. The first-order valence-corrected chi connectivity index (χ1v) is 9.93. The first-order chi connectivity index (χ1) is 13.2. The third kappa shape index (κ3) is 4.14. The lowest BCUT2D eigenvalue weighted by Gasteiger charge is -2.36. The molecular formula is C21H25ClN4O. The fourth-order valence-electron chi connectivity index (χ4n) is 3.88. The number of urea groups is 1. The molecule has 2 aromatic rings. The molecule has 1 unspecified atom stereocenters. The molecule has 142 valence electrons. The summed E-state index contributed by atoms with van der Waals surface area (Å²) in [4.78, 5) is 19.2. The van der Waals surface area contributed by atoms with Crippen molar-refractivity contribution in [2.24, 2.45) is 0 Å². The smallest absolute Gasteiger partial charge is 0.317 e. The molecule has 0 spiro atoms. The third-order valence-electron chi connectivity index (χ3n) is 5.40. The lowest BCUT2D eigenvalue weighted by molar-refractivity contribution is 0.191. The first kappa shape index (κ1) is 18.0. The van der Waals surface area contributed by atoms with Gasteiger partial charge in [0, 0.05) is 51.0 Å². The van der Waals surface area contributed by atoms with Crippen molar-refractivity contribution in [2.45, 2.75) is 12.5 Å². The van der Waals surface area contributed by atoms with Gasteiger partial charge in [-0.3, -0.25) is 0 Å². The van der Waals surface area contributed by atoms with Crippen molar-refractivity contribution in [2.75, 3.05) is 49.1 Å². The van der Waals surface area contributed by atoms with Gasteiger partial charge in [-0.1, -0.05) is 41.9 Å². The molecule has 5 nitrogen and oxygen atoms in total. The topological polar surface area (TPSA) is 38.8 Å². The summed E-state index contributed by atoms with van der Waals surface area (Å²) in [6.07, 6.45) is 0.986. The molecule has 1 N–H and O–H groups in total. The van der Waals surface area contributed by atoms with Gasteiger partial charge in [-0.2, -0.15) is 0 Å². The molecule has 0 aromatic heterocycles. The van der Waals surface area contributed by atoms with E-state index in [1.807, 2.05) is 35.2 Å². The summed E-state index contributed by atoms with van der Waals surface area (Å²) in [7, 11) is 0. The molecule has 2 aromatic carbocycles. The third-order valence-corrected chi connectivity index (χ3v) is 5.72. The molecule has 2 saturated heterocycles. The number of halogens is 1. The number of hydrogen-bond acceptors (Lipinski definition) is 3. The Kier molecular flexibility index (Phi) is 5.39. The van der Waals surface area contributed by atoms with Gasteiger partial charge in [0.05, 0.1) is 10.7 Å². The van der Waals surface area contributed by atoms with E-state index >= 15 is 0 Å². The van der Waals surface area contributed by atoms with Crippen LogP contribution < -0.4 is 15.1 Å². The van der Waals surface area contributed by atoms with E-state index < -0.39 is 0 Å². The van der Waals surface area contributed by atoms with Gasteiger partial charge in [0.15, 0.2) is 0 Å². The molecule has 2 amide bonds. The van der Waals surface area contributed by atoms with Crippen molar-refractivity contribution in [1.82, 2.24) is 10.2 Å². The highest BCUT2D eigenvalue weighted by molar-refractivity contribution is 6.33. The van der Waals surface area contributed by atoms with Crippen molar-refractivity contribution in [1.29, 1.82) is 0 Å². The van der Waals surface area contributed by atoms with E-state index in [-0.39, 0.29) is 12.1 Å². The van der Waals surface area contributed by atoms with Gasteiger partial charge in [-0.25, -0.2) is 4.79 Å². The Bertz CT molecular complexity index is 777. The van der Waals surface area contributed by atoms with Gasteiger partial charge >= 0.3 is 6.03 Å². The summed E-state index contributed by atoms with van der Waals surface area (Å²) >= 11 is 6.29. The van der Waals surface area contributed by atoms with Gasteiger partial charge < -0.3 is 20.0 Å². The van der Waals surface area contributed by atoms with Crippen LogP contribution in [-0.4, -0.2) is 56.2 Å². The zero-order chi connectivity index (χ0) is 18.6. The van der Waals surface area contributed by atoms with Gasteiger partial charge in [0.2, 0.25) is 0 Å². The Hall–Kier alpha value is -2.40. The molecule has 0 aliphatic carbocycles. The Labute approximate surface area is 165 Å². The molecule has 0 saturated carbocycles. The zero-order valence-electron chi connectivity index (χ0n) is 15.4. The fraction of sp³-hybridized carbons (Fsp3) is 0.381. The van der Waals surface area contributed by atoms with Crippen LogP contribution in [-0.2, 0) is 0 Å². The van der Waals surface area contributed by atoms with E-state index in [0.717, 1.165) is 43.3 Å². The lowest BCUT2D eigenvalue weighted by Crippen LogP contribution is -2.54. The van der Waals surface area contributed by atoms with Crippen molar-refractivity contribution >= 4 is 29.0 Å². The molecule has 27 heavy (non-hydrogen) atoms. The van der Waals surface area contributed by atoms with E-state index in [1.165, 1.54) is 5.69 Å². The van der Waals surface area contributed by atoms with Crippen LogP contribution in [0.2, 0.25) is 5.02 Å². The highest BCUT2D eigenvalue weighted by atomic mass is 35.5. The number of carbonyl (C=O) groups is 1. The number of hydrogen-bond donors (Lipinski definition) is 1. The minimum Gasteiger partial charge on any atom is -0.369 e. The number of piperazine rings is 1. The number of amides is 2. The van der Waals surface area contributed by atoms with Crippen LogP contribution in [0.3, 0.4) is 0 Å². The number of para-hydroxylation sites is 2. The van der Waals surface area contributed by atoms with Crippen LogP contribution in [0.25, 0.3) is 0 Å². The lowest BCUT2D eigenvalue weighted by atomic mass is 10.2. The quantitative estimate of drug-likeness (QED) is 0.880. The average molecular weight is 385 g/mol.